The van der Waals surface area contributed by atoms with E-state index in [1.165, 1.54) is 33.4 Å². The standard InChI is InChI=1S/C26H28N2O8.C22H25NO6.C4H5NO3.HNS/c29-23-9-10-24(30)28(23)36-25(31)11-13-33-15-16-34-14-12-27-26(32)35-17-22-20-7-3-1-5-18(20)19-6-2-4-8-21(19)22;24-21(25)9-11-27-13-14-28-12-10-23-22(26)29-15-20-18-7-3-1-5-16(18)17-6-2-4-8-19(17)20;6-3-1-2-4(7)5(3)8;1-2/h1-8,22H,9-17H2,(H,27,32);1-8,20H,9-15H2,(H,23,26)(H,24,25);8H,1-2H2;1H. The Morgan fingerprint density at radius 1 is 0.507 bits per heavy atom. The number of carbonyl (C=O) groups is 8. The molecule has 2 fully saturated rings. The van der Waals surface area contributed by atoms with Gasteiger partial charge in [-0.05, 0) is 44.5 Å². The summed E-state index contributed by atoms with van der Waals surface area (Å²) in [5, 5.41) is 22.9. The van der Waals surface area contributed by atoms with Crippen LogP contribution in [0.5, 0.6) is 0 Å². The molecule has 0 unspecified atom stereocenters. The van der Waals surface area contributed by atoms with Crippen LogP contribution in [0.3, 0.4) is 0 Å². The van der Waals surface area contributed by atoms with Gasteiger partial charge in [-0.25, -0.2) is 19.2 Å². The van der Waals surface area contributed by atoms with E-state index in [-0.39, 0.29) is 108 Å². The van der Waals surface area contributed by atoms with Gasteiger partial charge in [0.05, 0.1) is 65.7 Å². The van der Waals surface area contributed by atoms with E-state index in [0.29, 0.717) is 31.4 Å². The van der Waals surface area contributed by atoms with Gasteiger partial charge in [0.25, 0.3) is 23.6 Å². The molecule has 4 aromatic carbocycles. The summed E-state index contributed by atoms with van der Waals surface area (Å²) in [6.07, 6.45) is -0.709. The Bertz CT molecular complexity index is 2480. The quantitative estimate of drug-likeness (QED) is 0.0352. The molecule has 4 aromatic rings. The van der Waals surface area contributed by atoms with Crippen molar-refractivity contribution >= 4 is 60.2 Å². The highest BCUT2D eigenvalue weighted by Gasteiger charge is 2.33. The molecule has 8 rings (SSSR count). The number of nitrogens with zero attached hydrogens (tertiary/aromatic N) is 2. The second-order valence-corrected chi connectivity index (χ2v) is 16.5. The summed E-state index contributed by atoms with van der Waals surface area (Å²) in [5.41, 5.74) is 9.38. The van der Waals surface area contributed by atoms with Crippen molar-refractivity contribution in [2.45, 2.75) is 50.4 Å². The largest absolute Gasteiger partial charge is 0.481 e. The fourth-order valence-electron chi connectivity index (χ4n) is 8.08. The molecular weight excluding hydrogens is 999 g/mol. The second-order valence-electron chi connectivity index (χ2n) is 16.5. The maximum absolute atomic E-state index is 12.1. The van der Waals surface area contributed by atoms with Gasteiger partial charge in [-0.2, -0.15) is 5.06 Å². The van der Waals surface area contributed by atoms with Crippen LogP contribution in [0.4, 0.5) is 9.59 Å². The average Bonchev–Trinajstić information content (AvgIpc) is 4.14. The molecule has 0 aromatic heterocycles. The van der Waals surface area contributed by atoms with E-state index in [1.54, 1.807) is 0 Å². The molecule has 0 spiro atoms. The highest BCUT2D eigenvalue weighted by Crippen LogP contribution is 2.45. The van der Waals surface area contributed by atoms with Crippen LogP contribution in [0, 0.1) is 4.78 Å². The summed E-state index contributed by atoms with van der Waals surface area (Å²) in [7, 11) is 0. The monoisotopic (exact) mass is 1060 g/mol. The molecule has 0 radical (unpaired) electrons. The summed E-state index contributed by atoms with van der Waals surface area (Å²) < 4.78 is 37.3. The summed E-state index contributed by atoms with van der Waals surface area (Å²) in [5.74, 6) is -3.61. The van der Waals surface area contributed by atoms with Crippen molar-refractivity contribution in [2.75, 3.05) is 79.2 Å². The zero-order chi connectivity index (χ0) is 54.0. The number of benzene rings is 4. The molecule has 0 bridgehead atoms. The number of amides is 6. The van der Waals surface area contributed by atoms with Crippen LogP contribution in [0.15, 0.2) is 97.1 Å². The molecule has 23 heteroatoms. The van der Waals surface area contributed by atoms with Crippen LogP contribution >= 0.6 is 0 Å². The van der Waals surface area contributed by atoms with Gasteiger partial charge in [-0.1, -0.05) is 97.1 Å². The summed E-state index contributed by atoms with van der Waals surface area (Å²) in [6.45, 7) is 3.12. The van der Waals surface area contributed by atoms with Gasteiger partial charge in [0, 0.05) is 63.0 Å². The first-order valence-corrected chi connectivity index (χ1v) is 24.4. The number of nitrogens with one attached hydrogen (secondary N) is 3. The number of hydrogen-bond acceptors (Lipinski definition) is 18. The van der Waals surface area contributed by atoms with Crippen LogP contribution < -0.4 is 10.6 Å². The number of imide groups is 2. The lowest BCUT2D eigenvalue weighted by Crippen LogP contribution is -2.32. The Morgan fingerprint density at radius 3 is 1.19 bits per heavy atom. The molecule has 75 heavy (non-hydrogen) atoms. The number of aliphatic carboxylic acids is 1. The molecule has 4 aliphatic rings. The third kappa shape index (κ3) is 17.8. The van der Waals surface area contributed by atoms with Crippen molar-refractivity contribution in [1.29, 1.82) is 4.78 Å². The smallest absolute Gasteiger partial charge is 0.407 e. The van der Waals surface area contributed by atoms with Crippen LogP contribution in [0.2, 0.25) is 0 Å². The lowest BCUT2D eigenvalue weighted by Gasteiger charge is -2.14. The molecular formula is C52H59N5O17S. The summed E-state index contributed by atoms with van der Waals surface area (Å²) >= 11 is 3.33. The molecule has 0 atom stereocenters. The molecule has 0 saturated carbocycles. The average molecular weight is 1060 g/mol. The van der Waals surface area contributed by atoms with Gasteiger partial charge in [0.1, 0.15) is 13.2 Å². The number of hydroxylamine groups is 4. The number of ether oxygens (including phenoxy) is 6. The first-order valence-electron chi connectivity index (χ1n) is 23.9. The first-order chi connectivity index (χ1) is 36.4. The normalized spacial score (nSPS) is 13.9. The molecule has 2 heterocycles. The van der Waals surface area contributed by atoms with Crippen molar-refractivity contribution in [3.05, 3.63) is 119 Å². The van der Waals surface area contributed by atoms with Crippen molar-refractivity contribution in [3.63, 3.8) is 0 Å². The van der Waals surface area contributed by atoms with E-state index in [0.717, 1.165) is 11.1 Å². The van der Waals surface area contributed by atoms with E-state index in [9.17, 15) is 38.4 Å². The Balaban J connectivity index is 0.000000238. The first kappa shape index (κ1) is 58.4. The molecule has 6 amide bonds. The number of carboxylic acids is 1. The number of alkyl carbamates (subject to hydrolysis) is 2. The van der Waals surface area contributed by atoms with Crippen LogP contribution in [-0.2, 0) is 74.5 Å². The van der Waals surface area contributed by atoms with E-state index in [1.807, 2.05) is 48.5 Å². The van der Waals surface area contributed by atoms with Gasteiger partial charge in [0.2, 0.25) is 0 Å². The fraction of sp³-hybridized carbons (Fsp3) is 0.385. The molecule has 5 N–H and O–H groups in total. The van der Waals surface area contributed by atoms with Crippen LogP contribution in [-0.4, -0.2) is 147 Å². The Morgan fingerprint density at radius 2 is 0.840 bits per heavy atom. The van der Waals surface area contributed by atoms with Crippen LogP contribution in [0.25, 0.3) is 22.3 Å². The molecule has 2 saturated heterocycles. The van der Waals surface area contributed by atoms with Crippen molar-refractivity contribution in [1.82, 2.24) is 20.8 Å². The fourth-order valence-corrected chi connectivity index (χ4v) is 8.08. The highest BCUT2D eigenvalue weighted by molar-refractivity contribution is 7.45. The third-order valence-corrected chi connectivity index (χ3v) is 11.6. The molecule has 2 aliphatic carbocycles. The molecule has 2 aliphatic heterocycles. The van der Waals surface area contributed by atoms with Crippen molar-refractivity contribution in [2.24, 2.45) is 0 Å². The maximum Gasteiger partial charge on any atom is 0.407 e. The predicted octanol–water partition coefficient (Wildman–Crippen LogP) is 5.41. The Kier molecular flexibility index (Phi) is 24.3. The number of carbonyl (C=O) groups excluding carboxylic acids is 7. The molecule has 400 valence electrons. The zero-order valence-corrected chi connectivity index (χ0v) is 41.8. The minimum absolute atomic E-state index is 0.00478. The minimum atomic E-state index is -0.891. The van der Waals surface area contributed by atoms with E-state index in [2.05, 4.69) is 71.6 Å². The number of carboxylic acid groups (broad SMARTS) is 1. The lowest BCUT2D eigenvalue weighted by molar-refractivity contribution is -0.198. The summed E-state index contributed by atoms with van der Waals surface area (Å²) in [4.78, 5) is 94.1. The number of rotatable bonds is 23. The highest BCUT2D eigenvalue weighted by atomic mass is 32.1. The van der Waals surface area contributed by atoms with Crippen LogP contribution in [0.1, 0.15) is 72.6 Å². The van der Waals surface area contributed by atoms with E-state index < -0.39 is 47.8 Å². The van der Waals surface area contributed by atoms with Gasteiger partial charge in [0.15, 0.2) is 0 Å². The van der Waals surface area contributed by atoms with E-state index >= 15 is 0 Å². The maximum atomic E-state index is 12.1. The number of fused-ring (bicyclic) bond motifs is 6. The zero-order valence-electron chi connectivity index (χ0n) is 40.9. The van der Waals surface area contributed by atoms with Crippen molar-refractivity contribution in [3.8, 4) is 22.3 Å². The predicted molar refractivity (Wildman–Crippen MR) is 266 cm³/mol. The van der Waals surface area contributed by atoms with Gasteiger partial charge in [-0.3, -0.25) is 29.2 Å². The topological polar surface area (TPSA) is 296 Å². The minimum Gasteiger partial charge on any atom is -0.481 e. The van der Waals surface area contributed by atoms with Gasteiger partial charge < -0.3 is 49.0 Å². The second kappa shape index (κ2) is 31.3. The SMILES string of the molecule is N=S.O=C(CCOCCOCCNC(=O)OCC1c2ccccc2-c2ccccc21)ON1C(=O)CCC1=O.O=C(O)CCOCCOCCNC(=O)OCC1c2ccccc2-c2ccccc21.O=C1CCC(=O)N1O. The van der Waals surface area contributed by atoms with Gasteiger partial charge >= 0.3 is 24.1 Å². The Hall–Kier alpha value is -7.54. The lowest BCUT2D eigenvalue weighted by atomic mass is 9.98. The number of hydrogen-bond donors (Lipinski definition) is 5. The van der Waals surface area contributed by atoms with Gasteiger partial charge in [-0.15, -0.1) is 5.06 Å². The Labute approximate surface area is 437 Å². The third-order valence-electron chi connectivity index (χ3n) is 11.6. The summed E-state index contributed by atoms with van der Waals surface area (Å²) in [6, 6.07) is 32.7. The van der Waals surface area contributed by atoms with E-state index in [4.69, 9.17) is 48.4 Å². The van der Waals surface area contributed by atoms with Crippen molar-refractivity contribution < 1.29 is 81.9 Å². The molecule has 22 nitrogen and oxygen atoms in total.